The summed E-state index contributed by atoms with van der Waals surface area (Å²) in [5, 5.41) is 12.7. The van der Waals surface area contributed by atoms with Gasteiger partial charge in [0.15, 0.2) is 5.82 Å². The molecule has 0 amide bonds. The standard InChI is InChI=1S/C21H26N6O/c1-15-13-16(2)26(24-15)20-10-11-21(28)27(25-20)19-8-6-17(7-9-19)23-14-18-5-3-4-12-22-18/h3-5,10-13,17,19,23H,6-9,14H2,1-2H3. The smallest absolute Gasteiger partial charge is 0.267 e. The Hall–Kier alpha value is -2.80. The molecule has 1 saturated carbocycles. The summed E-state index contributed by atoms with van der Waals surface area (Å²) in [7, 11) is 0. The predicted octanol–water partition coefficient (Wildman–Crippen LogP) is 2.71. The third-order valence-corrected chi connectivity index (χ3v) is 5.38. The molecule has 0 unspecified atom stereocenters. The minimum Gasteiger partial charge on any atom is -0.308 e. The van der Waals surface area contributed by atoms with Gasteiger partial charge in [0, 0.05) is 30.5 Å². The van der Waals surface area contributed by atoms with Gasteiger partial charge in [0.25, 0.3) is 5.56 Å². The zero-order valence-electron chi connectivity index (χ0n) is 16.4. The third kappa shape index (κ3) is 4.04. The van der Waals surface area contributed by atoms with E-state index in [1.54, 1.807) is 21.5 Å². The molecule has 1 N–H and O–H groups in total. The molecule has 3 aromatic heterocycles. The van der Waals surface area contributed by atoms with Crippen LogP contribution < -0.4 is 10.9 Å². The van der Waals surface area contributed by atoms with Crippen LogP contribution in [0.4, 0.5) is 0 Å². The molecule has 28 heavy (non-hydrogen) atoms. The highest BCUT2D eigenvalue weighted by molar-refractivity contribution is 5.24. The third-order valence-electron chi connectivity index (χ3n) is 5.38. The number of nitrogens with zero attached hydrogens (tertiary/aromatic N) is 5. The van der Waals surface area contributed by atoms with Crippen molar-refractivity contribution in [1.29, 1.82) is 0 Å². The zero-order chi connectivity index (χ0) is 19.5. The largest absolute Gasteiger partial charge is 0.308 e. The summed E-state index contributed by atoms with van der Waals surface area (Å²) in [5.41, 5.74) is 2.96. The first-order valence-electron chi connectivity index (χ1n) is 9.87. The van der Waals surface area contributed by atoms with E-state index in [9.17, 15) is 4.79 Å². The van der Waals surface area contributed by atoms with Crippen LogP contribution in [-0.2, 0) is 6.54 Å². The van der Waals surface area contributed by atoms with Crippen LogP contribution in [0.15, 0.2) is 47.4 Å². The minimum atomic E-state index is -0.0461. The SMILES string of the molecule is Cc1cc(C)n(-c2ccc(=O)n(C3CCC(NCc4ccccn4)CC3)n2)n1. The summed E-state index contributed by atoms with van der Waals surface area (Å²) < 4.78 is 3.45. The van der Waals surface area contributed by atoms with Crippen molar-refractivity contribution in [1.82, 2.24) is 29.9 Å². The Morgan fingerprint density at radius 1 is 1.07 bits per heavy atom. The number of aromatic nitrogens is 5. The predicted molar refractivity (Wildman–Crippen MR) is 107 cm³/mol. The summed E-state index contributed by atoms with van der Waals surface area (Å²) >= 11 is 0. The first kappa shape index (κ1) is 18.6. The van der Waals surface area contributed by atoms with Crippen molar-refractivity contribution in [3.05, 3.63) is 70.0 Å². The Morgan fingerprint density at radius 3 is 2.57 bits per heavy atom. The number of aryl methyl sites for hydroxylation is 2. The first-order valence-corrected chi connectivity index (χ1v) is 9.87. The second kappa shape index (κ2) is 8.06. The van der Waals surface area contributed by atoms with E-state index in [0.29, 0.717) is 11.9 Å². The fourth-order valence-corrected chi connectivity index (χ4v) is 3.93. The van der Waals surface area contributed by atoms with Gasteiger partial charge in [-0.2, -0.15) is 5.10 Å². The Morgan fingerprint density at radius 2 is 1.89 bits per heavy atom. The van der Waals surface area contributed by atoms with E-state index in [2.05, 4.69) is 20.5 Å². The number of hydrogen-bond acceptors (Lipinski definition) is 5. The highest BCUT2D eigenvalue weighted by atomic mass is 16.1. The highest BCUT2D eigenvalue weighted by Crippen LogP contribution is 2.27. The average molecular weight is 378 g/mol. The summed E-state index contributed by atoms with van der Waals surface area (Å²) in [4.78, 5) is 16.8. The summed E-state index contributed by atoms with van der Waals surface area (Å²) in [6.07, 6.45) is 5.74. The minimum absolute atomic E-state index is 0.0461. The topological polar surface area (TPSA) is 77.6 Å². The molecule has 0 bridgehead atoms. The lowest BCUT2D eigenvalue weighted by Gasteiger charge is -2.29. The molecule has 3 heterocycles. The maximum atomic E-state index is 12.4. The lowest BCUT2D eigenvalue weighted by Crippen LogP contribution is -2.36. The van der Waals surface area contributed by atoms with Gasteiger partial charge in [0.05, 0.1) is 17.4 Å². The van der Waals surface area contributed by atoms with E-state index in [0.717, 1.165) is 49.3 Å². The maximum absolute atomic E-state index is 12.4. The van der Waals surface area contributed by atoms with Gasteiger partial charge in [-0.25, -0.2) is 9.36 Å². The number of rotatable bonds is 5. The molecule has 0 atom stereocenters. The fraction of sp³-hybridized carbons (Fsp3) is 0.429. The van der Waals surface area contributed by atoms with E-state index in [-0.39, 0.29) is 11.6 Å². The van der Waals surface area contributed by atoms with Crippen molar-refractivity contribution >= 4 is 0 Å². The van der Waals surface area contributed by atoms with E-state index < -0.39 is 0 Å². The van der Waals surface area contributed by atoms with E-state index in [1.807, 2.05) is 44.3 Å². The van der Waals surface area contributed by atoms with Gasteiger partial charge in [-0.3, -0.25) is 9.78 Å². The van der Waals surface area contributed by atoms with Crippen LogP contribution in [0.5, 0.6) is 0 Å². The zero-order valence-corrected chi connectivity index (χ0v) is 16.4. The molecule has 3 aromatic rings. The molecule has 0 aliphatic heterocycles. The number of pyridine rings is 1. The molecule has 0 spiro atoms. The Kier molecular flexibility index (Phi) is 5.34. The molecular weight excluding hydrogens is 352 g/mol. The average Bonchev–Trinajstić information content (AvgIpc) is 3.06. The lowest BCUT2D eigenvalue weighted by molar-refractivity contribution is 0.267. The van der Waals surface area contributed by atoms with Gasteiger partial charge < -0.3 is 5.32 Å². The van der Waals surface area contributed by atoms with Crippen LogP contribution in [0.2, 0.25) is 0 Å². The summed E-state index contributed by atoms with van der Waals surface area (Å²) in [5.74, 6) is 0.695. The lowest BCUT2D eigenvalue weighted by atomic mass is 9.91. The maximum Gasteiger partial charge on any atom is 0.267 e. The van der Waals surface area contributed by atoms with Gasteiger partial charge in [0.1, 0.15) is 0 Å². The molecule has 0 radical (unpaired) electrons. The Balaban J connectivity index is 1.42. The van der Waals surface area contributed by atoms with Crippen LogP contribution in [0.3, 0.4) is 0 Å². The monoisotopic (exact) mass is 378 g/mol. The van der Waals surface area contributed by atoms with Crippen LogP contribution in [-0.4, -0.2) is 30.6 Å². The van der Waals surface area contributed by atoms with Crippen LogP contribution in [0.25, 0.3) is 5.82 Å². The summed E-state index contributed by atoms with van der Waals surface area (Å²) in [6.45, 7) is 4.73. The van der Waals surface area contributed by atoms with Gasteiger partial charge in [-0.15, -0.1) is 5.10 Å². The molecule has 7 nitrogen and oxygen atoms in total. The Labute approximate surface area is 164 Å². The van der Waals surface area contributed by atoms with Crippen LogP contribution >= 0.6 is 0 Å². The van der Waals surface area contributed by atoms with Gasteiger partial charge in [-0.1, -0.05) is 6.07 Å². The highest BCUT2D eigenvalue weighted by Gasteiger charge is 2.24. The van der Waals surface area contributed by atoms with Gasteiger partial charge in [0.2, 0.25) is 0 Å². The molecule has 4 rings (SSSR count). The van der Waals surface area contributed by atoms with Gasteiger partial charge >= 0.3 is 0 Å². The normalized spacial score (nSPS) is 19.6. The molecule has 7 heteroatoms. The van der Waals surface area contributed by atoms with Crippen molar-refractivity contribution in [2.75, 3.05) is 0 Å². The van der Waals surface area contributed by atoms with Gasteiger partial charge in [-0.05, 0) is 63.8 Å². The molecule has 1 fully saturated rings. The fourth-order valence-electron chi connectivity index (χ4n) is 3.93. The van der Waals surface area contributed by atoms with Crippen molar-refractivity contribution in [3.63, 3.8) is 0 Å². The molecule has 146 valence electrons. The quantitative estimate of drug-likeness (QED) is 0.739. The molecule has 1 aliphatic carbocycles. The number of nitrogens with one attached hydrogen (secondary N) is 1. The van der Waals surface area contributed by atoms with Crippen molar-refractivity contribution in [2.45, 2.75) is 58.2 Å². The Bertz CT molecular complexity index is 986. The van der Waals surface area contributed by atoms with E-state index in [1.165, 1.54) is 0 Å². The molecular formula is C21H26N6O. The van der Waals surface area contributed by atoms with Crippen LogP contribution in [0, 0.1) is 13.8 Å². The summed E-state index contributed by atoms with van der Waals surface area (Å²) in [6, 6.07) is 11.9. The first-order chi connectivity index (χ1) is 13.6. The molecule has 0 aromatic carbocycles. The number of hydrogen-bond donors (Lipinski definition) is 1. The van der Waals surface area contributed by atoms with Crippen LogP contribution in [0.1, 0.15) is 48.8 Å². The van der Waals surface area contributed by atoms with Crippen molar-refractivity contribution in [2.24, 2.45) is 0 Å². The molecule has 0 saturated heterocycles. The van der Waals surface area contributed by atoms with Crippen molar-refractivity contribution < 1.29 is 0 Å². The second-order valence-electron chi connectivity index (χ2n) is 7.52. The molecule has 1 aliphatic rings. The van der Waals surface area contributed by atoms with E-state index >= 15 is 0 Å². The second-order valence-corrected chi connectivity index (χ2v) is 7.52. The van der Waals surface area contributed by atoms with Crippen molar-refractivity contribution in [3.8, 4) is 5.82 Å². The van der Waals surface area contributed by atoms with E-state index in [4.69, 9.17) is 0 Å².